The summed E-state index contributed by atoms with van der Waals surface area (Å²) in [5.41, 5.74) is 1.68. The Balaban J connectivity index is 1.41. The zero-order valence-corrected chi connectivity index (χ0v) is 21.2. The van der Waals surface area contributed by atoms with Crippen LogP contribution in [0.4, 0.5) is 30.2 Å². The molecule has 0 spiro atoms. The van der Waals surface area contributed by atoms with Crippen molar-refractivity contribution >= 4 is 23.0 Å². The quantitative estimate of drug-likeness (QED) is 0.610. The minimum atomic E-state index is -4.57. The Labute approximate surface area is 220 Å². The first-order valence-electron chi connectivity index (χ1n) is 12.7. The van der Waals surface area contributed by atoms with Gasteiger partial charge in [0.05, 0.1) is 32.0 Å². The second-order valence-electron chi connectivity index (χ2n) is 9.51. The predicted octanol–water partition coefficient (Wildman–Crippen LogP) is 4.65. The molecule has 7 nitrogen and oxygen atoms in total. The lowest BCUT2D eigenvalue weighted by atomic mass is 10.1. The van der Waals surface area contributed by atoms with Crippen LogP contribution < -0.4 is 15.1 Å². The van der Waals surface area contributed by atoms with Gasteiger partial charge >= 0.3 is 6.18 Å². The van der Waals surface area contributed by atoms with Crippen molar-refractivity contribution in [3.63, 3.8) is 0 Å². The van der Waals surface area contributed by atoms with Crippen LogP contribution >= 0.6 is 0 Å². The first-order chi connectivity index (χ1) is 18.3. The fourth-order valence-corrected chi connectivity index (χ4v) is 4.88. The minimum Gasteiger partial charge on any atom is -0.379 e. The van der Waals surface area contributed by atoms with E-state index in [9.17, 15) is 18.0 Å². The molecule has 2 aromatic carbocycles. The molecule has 5 rings (SSSR count). The molecule has 3 aliphatic heterocycles. The molecule has 2 fully saturated rings. The Hall–Kier alpha value is -3.34. The number of amides is 1. The van der Waals surface area contributed by atoms with Gasteiger partial charge < -0.3 is 24.6 Å². The minimum absolute atomic E-state index is 0.00490. The Morgan fingerprint density at radius 3 is 2.34 bits per heavy atom. The molecule has 2 saturated heterocycles. The van der Waals surface area contributed by atoms with Crippen molar-refractivity contribution in [2.75, 3.05) is 67.7 Å². The molecule has 38 heavy (non-hydrogen) atoms. The van der Waals surface area contributed by atoms with Crippen molar-refractivity contribution in [2.45, 2.75) is 19.3 Å². The van der Waals surface area contributed by atoms with E-state index in [-0.39, 0.29) is 11.7 Å². The second kappa shape index (κ2) is 11.2. The molecule has 0 radical (unpaired) electrons. The summed E-state index contributed by atoms with van der Waals surface area (Å²) < 4.78 is 52.0. The van der Waals surface area contributed by atoms with Crippen LogP contribution in [0.2, 0.25) is 0 Å². The van der Waals surface area contributed by atoms with E-state index in [1.165, 1.54) is 6.07 Å². The number of aryl methyl sites for hydroxylation is 1. The third-order valence-corrected chi connectivity index (χ3v) is 7.00. The number of halogens is 3. The Bertz CT molecular complexity index is 1220. The van der Waals surface area contributed by atoms with Gasteiger partial charge in [0.15, 0.2) is 0 Å². The summed E-state index contributed by atoms with van der Waals surface area (Å²) in [6, 6.07) is 9.25. The average Bonchev–Trinajstić information content (AvgIpc) is 2.94. The maximum absolute atomic E-state index is 13.7. The molecule has 1 unspecified atom stereocenters. The molecule has 1 amide bonds. The summed E-state index contributed by atoms with van der Waals surface area (Å²) >= 11 is 0. The number of benzene rings is 2. The van der Waals surface area contributed by atoms with Crippen molar-refractivity contribution in [1.82, 2.24) is 4.90 Å². The molecular formula is C28H31F3N4O3. The molecule has 1 N–H and O–H groups in total. The number of morpholine rings is 2. The summed E-state index contributed by atoms with van der Waals surface area (Å²) in [6.45, 7) is 6.57. The topological polar surface area (TPSA) is 57.3 Å². The van der Waals surface area contributed by atoms with E-state index < -0.39 is 17.6 Å². The fraction of sp³-hybridized carbons (Fsp3) is 0.393. The molecule has 202 valence electrons. The SMILES string of the molecule is Cc1ccc(N2C=CC=CC2N2CCOCC2)cc1NC(=O)c1cc(N2CCOCC2)cc(C(F)(F)F)c1. The van der Waals surface area contributed by atoms with Crippen molar-refractivity contribution in [1.29, 1.82) is 0 Å². The fourth-order valence-electron chi connectivity index (χ4n) is 4.88. The maximum atomic E-state index is 13.7. The molecule has 0 saturated carbocycles. The lowest BCUT2D eigenvalue weighted by Gasteiger charge is -2.40. The van der Waals surface area contributed by atoms with Crippen LogP contribution in [0.15, 0.2) is 60.8 Å². The molecular weight excluding hydrogens is 497 g/mol. The zero-order valence-electron chi connectivity index (χ0n) is 21.2. The van der Waals surface area contributed by atoms with Gasteiger partial charge in [-0.15, -0.1) is 0 Å². The van der Waals surface area contributed by atoms with Crippen LogP contribution in [0.25, 0.3) is 0 Å². The van der Waals surface area contributed by atoms with Crippen molar-refractivity contribution in [3.05, 3.63) is 77.5 Å². The zero-order chi connectivity index (χ0) is 26.7. The lowest BCUT2D eigenvalue weighted by Crippen LogP contribution is -2.50. The highest BCUT2D eigenvalue weighted by atomic mass is 19.4. The number of alkyl halides is 3. The van der Waals surface area contributed by atoms with E-state index >= 15 is 0 Å². The smallest absolute Gasteiger partial charge is 0.379 e. The van der Waals surface area contributed by atoms with Gasteiger partial charge in [0.1, 0.15) is 6.17 Å². The molecule has 3 aliphatic rings. The number of ether oxygens (including phenoxy) is 2. The number of allylic oxidation sites excluding steroid dienone is 2. The van der Waals surface area contributed by atoms with Crippen LogP contribution in [0, 0.1) is 6.92 Å². The molecule has 2 aromatic rings. The number of anilines is 3. The molecule has 3 heterocycles. The highest BCUT2D eigenvalue weighted by Crippen LogP contribution is 2.34. The van der Waals surface area contributed by atoms with E-state index in [1.807, 2.05) is 48.4 Å². The number of hydrogen-bond acceptors (Lipinski definition) is 6. The predicted molar refractivity (Wildman–Crippen MR) is 141 cm³/mol. The molecule has 10 heteroatoms. The summed E-state index contributed by atoms with van der Waals surface area (Å²) in [5, 5.41) is 2.86. The average molecular weight is 529 g/mol. The summed E-state index contributed by atoms with van der Waals surface area (Å²) in [4.78, 5) is 19.5. The first kappa shape index (κ1) is 26.3. The highest BCUT2D eigenvalue weighted by Gasteiger charge is 2.33. The number of rotatable bonds is 5. The standard InChI is InChI=1S/C28H31F3N4O3/c1-20-5-6-23(35-7-3-2-4-26(35)34-10-14-38-15-11-34)19-25(20)32-27(36)21-16-22(28(29,30)31)18-24(17-21)33-8-12-37-13-9-33/h2-7,16-19,26H,8-15H2,1H3,(H,32,36). The van der Waals surface area contributed by atoms with Gasteiger partial charge in [0.25, 0.3) is 5.91 Å². The second-order valence-corrected chi connectivity index (χ2v) is 9.51. The number of hydrogen-bond donors (Lipinski definition) is 1. The molecule has 0 aliphatic carbocycles. The van der Waals surface area contributed by atoms with Crippen LogP contribution in [0.1, 0.15) is 21.5 Å². The Morgan fingerprint density at radius 2 is 1.63 bits per heavy atom. The Kier molecular flexibility index (Phi) is 7.73. The van der Waals surface area contributed by atoms with Gasteiger partial charge in [0.2, 0.25) is 0 Å². The van der Waals surface area contributed by atoms with E-state index in [2.05, 4.69) is 21.2 Å². The summed E-state index contributed by atoms with van der Waals surface area (Å²) in [6.07, 6.45) is 3.47. The monoisotopic (exact) mass is 528 g/mol. The van der Waals surface area contributed by atoms with Gasteiger partial charge in [-0.05, 0) is 55.0 Å². The van der Waals surface area contributed by atoms with Crippen LogP contribution in [0.3, 0.4) is 0 Å². The third kappa shape index (κ3) is 5.87. The van der Waals surface area contributed by atoms with Crippen LogP contribution in [-0.4, -0.2) is 69.6 Å². The molecule has 1 atom stereocenters. The largest absolute Gasteiger partial charge is 0.416 e. The molecule has 0 aromatic heterocycles. The van der Waals surface area contributed by atoms with Crippen molar-refractivity contribution < 1.29 is 27.4 Å². The maximum Gasteiger partial charge on any atom is 0.416 e. The van der Waals surface area contributed by atoms with Gasteiger partial charge in [-0.25, -0.2) is 0 Å². The van der Waals surface area contributed by atoms with Gasteiger partial charge in [-0.3, -0.25) is 9.69 Å². The summed E-state index contributed by atoms with van der Waals surface area (Å²) in [5.74, 6) is -0.593. The van der Waals surface area contributed by atoms with Gasteiger partial charge in [-0.2, -0.15) is 13.2 Å². The highest BCUT2D eigenvalue weighted by molar-refractivity contribution is 6.05. The van der Waals surface area contributed by atoms with Crippen molar-refractivity contribution in [3.8, 4) is 0 Å². The van der Waals surface area contributed by atoms with Gasteiger partial charge in [-0.1, -0.05) is 12.1 Å². The number of carbonyl (C=O) groups is 1. The number of nitrogens with zero attached hydrogens (tertiary/aromatic N) is 3. The van der Waals surface area contributed by atoms with Crippen LogP contribution in [0.5, 0.6) is 0 Å². The van der Waals surface area contributed by atoms with Gasteiger partial charge in [0, 0.05) is 55.0 Å². The van der Waals surface area contributed by atoms with E-state index in [0.717, 1.165) is 36.5 Å². The first-order valence-corrected chi connectivity index (χ1v) is 12.7. The molecule has 0 bridgehead atoms. The van der Waals surface area contributed by atoms with E-state index in [0.29, 0.717) is 50.9 Å². The Morgan fingerprint density at radius 1 is 0.921 bits per heavy atom. The van der Waals surface area contributed by atoms with Crippen molar-refractivity contribution in [2.24, 2.45) is 0 Å². The number of nitrogens with one attached hydrogen (secondary N) is 1. The lowest BCUT2D eigenvalue weighted by molar-refractivity contribution is -0.137. The number of carbonyl (C=O) groups excluding carboxylic acids is 1. The van der Waals surface area contributed by atoms with E-state index in [4.69, 9.17) is 9.47 Å². The normalized spacial score (nSPS) is 20.6. The van der Waals surface area contributed by atoms with E-state index in [1.54, 1.807) is 0 Å². The van der Waals surface area contributed by atoms with Crippen LogP contribution in [-0.2, 0) is 15.7 Å². The third-order valence-electron chi connectivity index (χ3n) is 7.00. The summed E-state index contributed by atoms with van der Waals surface area (Å²) in [7, 11) is 0.